The highest BCUT2D eigenvalue weighted by atomic mass is 16.2. The molecule has 4 heteroatoms. The lowest BCUT2D eigenvalue weighted by molar-refractivity contribution is 0.0709. The second-order valence-corrected chi connectivity index (χ2v) is 5.06. The van der Waals surface area contributed by atoms with Gasteiger partial charge in [0.15, 0.2) is 0 Å². The van der Waals surface area contributed by atoms with Crippen molar-refractivity contribution in [3.63, 3.8) is 0 Å². The number of rotatable bonds is 6. The normalized spacial score (nSPS) is 10.2. The standard InChI is InChI=1S/C16H23N3O/c1-5-18-14-7-8-15(13(4)11-14)16(20)19(12(2)3)10-6-9-17/h7-8,11-12,18H,5-6,10H2,1-4H3. The summed E-state index contributed by atoms with van der Waals surface area (Å²) in [5.41, 5.74) is 2.68. The Labute approximate surface area is 121 Å². The number of nitriles is 1. The monoisotopic (exact) mass is 273 g/mol. The third-order valence-corrected chi connectivity index (χ3v) is 3.19. The van der Waals surface area contributed by atoms with E-state index in [1.807, 2.05) is 45.9 Å². The summed E-state index contributed by atoms with van der Waals surface area (Å²) in [6.45, 7) is 9.25. The zero-order valence-electron chi connectivity index (χ0n) is 12.7. The summed E-state index contributed by atoms with van der Waals surface area (Å²) < 4.78 is 0. The van der Waals surface area contributed by atoms with Crippen LogP contribution in [0.15, 0.2) is 18.2 Å². The summed E-state index contributed by atoms with van der Waals surface area (Å²) in [5.74, 6) is -0.00389. The maximum absolute atomic E-state index is 12.6. The van der Waals surface area contributed by atoms with E-state index in [1.165, 1.54) is 0 Å². The molecule has 0 spiro atoms. The molecule has 0 unspecified atom stereocenters. The molecule has 4 nitrogen and oxygen atoms in total. The van der Waals surface area contributed by atoms with Crippen LogP contribution >= 0.6 is 0 Å². The number of carbonyl (C=O) groups is 1. The molecule has 0 saturated carbocycles. The number of carbonyl (C=O) groups excluding carboxylic acids is 1. The van der Waals surface area contributed by atoms with Gasteiger partial charge in [-0.1, -0.05) is 0 Å². The van der Waals surface area contributed by atoms with Crippen molar-refractivity contribution in [1.29, 1.82) is 5.26 Å². The Morgan fingerprint density at radius 2 is 2.15 bits per heavy atom. The van der Waals surface area contributed by atoms with Gasteiger partial charge in [-0.15, -0.1) is 0 Å². The van der Waals surface area contributed by atoms with Gasteiger partial charge >= 0.3 is 0 Å². The zero-order valence-corrected chi connectivity index (χ0v) is 12.7. The Hall–Kier alpha value is -2.02. The van der Waals surface area contributed by atoms with Gasteiger partial charge in [-0.05, 0) is 51.5 Å². The minimum Gasteiger partial charge on any atom is -0.385 e. The second kappa shape index (κ2) is 7.54. The number of nitrogens with one attached hydrogen (secondary N) is 1. The molecule has 0 atom stereocenters. The quantitative estimate of drug-likeness (QED) is 0.866. The number of benzene rings is 1. The minimum atomic E-state index is -0.00389. The van der Waals surface area contributed by atoms with Crippen LogP contribution in [0.2, 0.25) is 0 Å². The van der Waals surface area contributed by atoms with Gasteiger partial charge in [0.25, 0.3) is 5.91 Å². The van der Waals surface area contributed by atoms with Gasteiger partial charge in [-0.3, -0.25) is 4.79 Å². The van der Waals surface area contributed by atoms with Crippen LogP contribution in [0.4, 0.5) is 5.69 Å². The summed E-state index contributed by atoms with van der Waals surface area (Å²) in [7, 11) is 0. The molecule has 0 aliphatic carbocycles. The molecular formula is C16H23N3O. The Morgan fingerprint density at radius 3 is 2.65 bits per heavy atom. The van der Waals surface area contributed by atoms with Crippen LogP contribution in [0.1, 0.15) is 43.1 Å². The van der Waals surface area contributed by atoms with Crippen molar-refractivity contribution in [3.05, 3.63) is 29.3 Å². The molecule has 1 aromatic carbocycles. The summed E-state index contributed by atoms with van der Waals surface area (Å²) in [4.78, 5) is 14.3. The number of amides is 1. The molecule has 0 heterocycles. The van der Waals surface area contributed by atoms with Crippen LogP contribution in [-0.4, -0.2) is 29.9 Å². The molecule has 1 rings (SSSR count). The average Bonchev–Trinajstić information content (AvgIpc) is 2.39. The Kier molecular flexibility index (Phi) is 6.05. The second-order valence-electron chi connectivity index (χ2n) is 5.06. The van der Waals surface area contributed by atoms with E-state index in [1.54, 1.807) is 4.90 Å². The summed E-state index contributed by atoms with van der Waals surface area (Å²) >= 11 is 0. The smallest absolute Gasteiger partial charge is 0.254 e. The fourth-order valence-electron chi connectivity index (χ4n) is 2.14. The summed E-state index contributed by atoms with van der Waals surface area (Å²) in [6.07, 6.45) is 0.360. The van der Waals surface area contributed by atoms with Crippen molar-refractivity contribution in [2.45, 2.75) is 40.2 Å². The van der Waals surface area contributed by atoms with Crippen molar-refractivity contribution in [2.75, 3.05) is 18.4 Å². The van der Waals surface area contributed by atoms with Gasteiger partial charge in [0.05, 0.1) is 12.5 Å². The lowest BCUT2D eigenvalue weighted by atomic mass is 10.1. The average molecular weight is 273 g/mol. The molecule has 1 amide bonds. The third-order valence-electron chi connectivity index (χ3n) is 3.19. The van der Waals surface area contributed by atoms with Gasteiger partial charge in [-0.25, -0.2) is 0 Å². The first-order valence-electron chi connectivity index (χ1n) is 7.03. The minimum absolute atomic E-state index is 0.00389. The summed E-state index contributed by atoms with van der Waals surface area (Å²) in [5, 5.41) is 11.9. The number of nitrogens with zero attached hydrogens (tertiary/aromatic N) is 2. The van der Waals surface area contributed by atoms with Gasteiger partial charge < -0.3 is 10.2 Å². The highest BCUT2D eigenvalue weighted by Crippen LogP contribution is 2.18. The lowest BCUT2D eigenvalue weighted by Gasteiger charge is -2.26. The van der Waals surface area contributed by atoms with E-state index in [9.17, 15) is 4.79 Å². The van der Waals surface area contributed by atoms with Gasteiger partial charge in [-0.2, -0.15) is 5.26 Å². The predicted octanol–water partition coefficient (Wildman–Crippen LogP) is 3.19. The van der Waals surface area contributed by atoms with Crippen LogP contribution < -0.4 is 5.32 Å². The van der Waals surface area contributed by atoms with Crippen molar-refractivity contribution in [3.8, 4) is 6.07 Å². The first kappa shape index (κ1) is 16.0. The first-order chi connectivity index (χ1) is 9.51. The van der Waals surface area contributed by atoms with E-state index in [0.717, 1.165) is 17.8 Å². The SMILES string of the molecule is CCNc1ccc(C(=O)N(CCC#N)C(C)C)c(C)c1. The predicted molar refractivity (Wildman–Crippen MR) is 81.7 cm³/mol. The van der Waals surface area contributed by atoms with Crippen LogP contribution in [-0.2, 0) is 0 Å². The number of hydrogen-bond acceptors (Lipinski definition) is 3. The maximum atomic E-state index is 12.6. The molecule has 1 N–H and O–H groups in total. The van der Waals surface area contributed by atoms with Crippen molar-refractivity contribution in [2.24, 2.45) is 0 Å². The molecule has 0 aliphatic rings. The molecular weight excluding hydrogens is 250 g/mol. The van der Waals surface area contributed by atoms with Crippen LogP contribution in [0.5, 0.6) is 0 Å². The fourth-order valence-corrected chi connectivity index (χ4v) is 2.14. The molecule has 0 aliphatic heterocycles. The van der Waals surface area contributed by atoms with Crippen molar-refractivity contribution >= 4 is 11.6 Å². The zero-order chi connectivity index (χ0) is 15.1. The van der Waals surface area contributed by atoms with Gasteiger partial charge in [0, 0.05) is 30.4 Å². The van der Waals surface area contributed by atoms with Crippen molar-refractivity contribution < 1.29 is 4.79 Å². The largest absolute Gasteiger partial charge is 0.385 e. The number of hydrogen-bond donors (Lipinski definition) is 1. The molecule has 0 fully saturated rings. The van der Waals surface area contributed by atoms with E-state index in [-0.39, 0.29) is 11.9 Å². The Balaban J connectivity index is 2.97. The molecule has 108 valence electrons. The molecule has 0 radical (unpaired) electrons. The van der Waals surface area contributed by atoms with Gasteiger partial charge in [0.1, 0.15) is 0 Å². The first-order valence-corrected chi connectivity index (χ1v) is 7.03. The van der Waals surface area contributed by atoms with E-state index in [0.29, 0.717) is 18.5 Å². The summed E-state index contributed by atoms with van der Waals surface area (Å²) in [6, 6.07) is 7.95. The topological polar surface area (TPSA) is 56.1 Å². The van der Waals surface area contributed by atoms with Gasteiger partial charge in [0.2, 0.25) is 0 Å². The van der Waals surface area contributed by atoms with E-state index < -0.39 is 0 Å². The highest BCUT2D eigenvalue weighted by molar-refractivity contribution is 5.96. The van der Waals surface area contributed by atoms with E-state index >= 15 is 0 Å². The molecule has 0 saturated heterocycles. The van der Waals surface area contributed by atoms with Crippen LogP contribution in [0.3, 0.4) is 0 Å². The maximum Gasteiger partial charge on any atom is 0.254 e. The Morgan fingerprint density at radius 1 is 1.45 bits per heavy atom. The van der Waals surface area contributed by atoms with Crippen LogP contribution in [0.25, 0.3) is 0 Å². The molecule has 20 heavy (non-hydrogen) atoms. The Bertz CT molecular complexity index is 503. The van der Waals surface area contributed by atoms with E-state index in [4.69, 9.17) is 5.26 Å². The highest BCUT2D eigenvalue weighted by Gasteiger charge is 2.19. The fraction of sp³-hybridized carbons (Fsp3) is 0.500. The third kappa shape index (κ3) is 3.99. The number of aryl methyl sites for hydroxylation is 1. The lowest BCUT2D eigenvalue weighted by Crippen LogP contribution is -2.38. The van der Waals surface area contributed by atoms with Crippen molar-refractivity contribution in [1.82, 2.24) is 4.90 Å². The molecule has 0 bridgehead atoms. The number of anilines is 1. The van der Waals surface area contributed by atoms with E-state index in [2.05, 4.69) is 11.4 Å². The van der Waals surface area contributed by atoms with Crippen LogP contribution in [0, 0.1) is 18.3 Å². The molecule has 0 aromatic heterocycles. The molecule has 1 aromatic rings.